The molecule has 11 atom stereocenters. The lowest BCUT2D eigenvalue weighted by Crippen LogP contribution is -2.62. The fraction of sp³-hybridized carbons (Fsp3) is 0.581. The van der Waals surface area contributed by atoms with Crippen molar-refractivity contribution in [1.82, 2.24) is 53.2 Å². The van der Waals surface area contributed by atoms with E-state index in [-0.39, 0.29) is 31.4 Å². The molecule has 0 aliphatic heterocycles. The minimum Gasteiger partial charge on any atom is -0.508 e. The van der Waals surface area contributed by atoms with Gasteiger partial charge < -0.3 is 84.1 Å². The van der Waals surface area contributed by atoms with Crippen LogP contribution in [-0.2, 0) is 80.0 Å². The number of aliphatic hydroxyl groups is 1. The smallest absolute Gasteiger partial charge is 0.303 e. The minimum absolute atomic E-state index is 0.0865. The largest absolute Gasteiger partial charge is 0.508 e. The van der Waals surface area contributed by atoms with Gasteiger partial charge in [0.2, 0.25) is 59.1 Å². The van der Waals surface area contributed by atoms with Crippen LogP contribution in [0.2, 0.25) is 0 Å². The molecule has 0 aliphatic carbocycles. The molecule has 0 saturated heterocycles. The Balaban J connectivity index is 2.54. The minimum atomic E-state index is -1.95. The number of primary amides is 1. The molecule has 16 N–H and O–H groups in total. The number of aliphatic carboxylic acids is 2. The molecule has 0 heterocycles. The Kier molecular flexibility index (Phi) is 36.3. The fourth-order valence-corrected chi connectivity index (χ4v) is 9.43. The number of Topliss-reactive ketones (excluding diaryl/α,β-unsaturated/α-hetero) is 1. The first-order valence-electron chi connectivity index (χ1n) is 30.7. The van der Waals surface area contributed by atoms with E-state index < -0.39 is 182 Å². The van der Waals surface area contributed by atoms with Gasteiger partial charge >= 0.3 is 11.9 Å². The van der Waals surface area contributed by atoms with Crippen molar-refractivity contribution in [3.8, 4) is 5.75 Å². The highest BCUT2D eigenvalue weighted by Crippen LogP contribution is 2.15. The number of hydrogen-bond donors (Lipinski definition) is 15. The third kappa shape index (κ3) is 30.0. The van der Waals surface area contributed by atoms with Crippen LogP contribution in [-0.4, -0.2) is 177 Å². The number of amides is 10. The van der Waals surface area contributed by atoms with Gasteiger partial charge in [-0.05, 0) is 76.3 Å². The number of hydrogen-bond acceptors (Lipinski definition) is 17. The molecule has 0 aliphatic rings. The Hall–Kier alpha value is -8.86. The molecule has 0 saturated carbocycles. The molecule has 0 aromatic heterocycles. The molecule has 29 nitrogen and oxygen atoms in total. The van der Waals surface area contributed by atoms with Gasteiger partial charge in [0.25, 0.3) is 0 Å². The summed E-state index contributed by atoms with van der Waals surface area (Å²) in [6.45, 7) is 7.95. The number of rotatable bonds is 46. The number of nitrogens with one attached hydrogen (secondary N) is 10. The number of nitrogens with two attached hydrogens (primary N) is 1. The number of aromatic hydroxyl groups is 1. The van der Waals surface area contributed by atoms with E-state index in [1.807, 2.05) is 20.8 Å². The number of phenolic OH excluding ortho intramolecular Hbond substituents is 1. The van der Waals surface area contributed by atoms with Crippen LogP contribution in [0.3, 0.4) is 0 Å². The van der Waals surface area contributed by atoms with Crippen molar-refractivity contribution in [2.45, 2.75) is 223 Å². The Labute approximate surface area is 529 Å². The number of ketones is 1. The summed E-state index contributed by atoms with van der Waals surface area (Å²) in [6, 6.07) is -1.37. The lowest BCUT2D eigenvalue weighted by atomic mass is 10.0. The summed E-state index contributed by atoms with van der Waals surface area (Å²) in [5.41, 5.74) is 6.51. The zero-order valence-electron chi connectivity index (χ0n) is 52.6. The zero-order valence-corrected chi connectivity index (χ0v) is 52.6. The maximum Gasteiger partial charge on any atom is 0.303 e. The number of benzene rings is 2. The summed E-state index contributed by atoms with van der Waals surface area (Å²) >= 11 is 0. The van der Waals surface area contributed by atoms with E-state index in [0.717, 1.165) is 26.7 Å². The first-order chi connectivity index (χ1) is 43.2. The molecule has 29 heteroatoms. The average molecular weight is 1280 g/mol. The number of carboxylic acid groups (broad SMARTS) is 2. The maximum absolute atomic E-state index is 14.5. The molecule has 10 amide bonds. The second kappa shape index (κ2) is 42.2. The van der Waals surface area contributed by atoms with Gasteiger partial charge in [0.1, 0.15) is 72.2 Å². The van der Waals surface area contributed by atoms with Gasteiger partial charge in [-0.25, -0.2) is 0 Å². The van der Waals surface area contributed by atoms with Crippen molar-refractivity contribution in [2.24, 2.45) is 5.73 Å². The van der Waals surface area contributed by atoms with E-state index in [2.05, 4.69) is 53.2 Å². The predicted octanol–water partition coefficient (Wildman–Crippen LogP) is -0.357. The second-order valence-corrected chi connectivity index (χ2v) is 22.3. The van der Waals surface area contributed by atoms with Crippen LogP contribution in [0, 0.1) is 0 Å². The average Bonchev–Trinajstić information content (AvgIpc) is 1.45. The van der Waals surface area contributed by atoms with E-state index in [9.17, 15) is 87.5 Å². The molecule has 91 heavy (non-hydrogen) atoms. The summed E-state index contributed by atoms with van der Waals surface area (Å²) in [5, 5.41) is 65.2. The van der Waals surface area contributed by atoms with Crippen LogP contribution in [0.1, 0.15) is 155 Å². The van der Waals surface area contributed by atoms with Gasteiger partial charge in [0.15, 0.2) is 0 Å². The number of phenols is 1. The molecule has 11 unspecified atom stereocenters. The topological polar surface area (TPSA) is 466 Å². The van der Waals surface area contributed by atoms with Crippen LogP contribution in [0.4, 0.5) is 0 Å². The van der Waals surface area contributed by atoms with Crippen LogP contribution >= 0.6 is 0 Å². The molecule has 0 radical (unpaired) electrons. The summed E-state index contributed by atoms with van der Waals surface area (Å²) in [4.78, 5) is 187. The first kappa shape index (κ1) is 78.2. The van der Waals surface area contributed by atoms with E-state index >= 15 is 0 Å². The number of aliphatic hydroxyl groups excluding tert-OH is 1. The molecule has 504 valence electrons. The molecule has 0 bridgehead atoms. The molecular formula is C62H93N11O18. The van der Waals surface area contributed by atoms with Crippen molar-refractivity contribution in [3.05, 3.63) is 65.7 Å². The Morgan fingerprint density at radius 2 is 0.835 bits per heavy atom. The van der Waals surface area contributed by atoms with E-state index in [4.69, 9.17) is 5.73 Å². The fourth-order valence-electron chi connectivity index (χ4n) is 9.43. The van der Waals surface area contributed by atoms with Gasteiger partial charge in [-0.2, -0.15) is 0 Å². The van der Waals surface area contributed by atoms with Crippen LogP contribution < -0.4 is 58.9 Å². The molecule has 2 aromatic carbocycles. The van der Waals surface area contributed by atoms with Gasteiger partial charge in [-0.3, -0.25) is 62.3 Å². The monoisotopic (exact) mass is 1280 g/mol. The summed E-state index contributed by atoms with van der Waals surface area (Å²) < 4.78 is 0. The molecular weight excluding hydrogens is 1190 g/mol. The SMILES string of the molecule is CCCCCC(NC(=O)C(Cc1ccc(O)cc1)NC(=O)C(CCC(=O)O)NC(=O)C(CCC(=O)O)NC(=O)C(NC(=O)C(CCCCC)NC(=O)C(Cc1ccccc1)NC(=O)C(CC(C)=O)NC(=O)C(CC=O)NC(=O)C(CCCC)NC)C(C)O)C(N)=O. The quantitative estimate of drug-likeness (QED) is 0.0297. The van der Waals surface area contributed by atoms with Gasteiger partial charge in [-0.1, -0.05) is 115 Å². The second-order valence-electron chi connectivity index (χ2n) is 22.3. The lowest BCUT2D eigenvalue weighted by molar-refractivity contribution is -0.140. The summed E-state index contributed by atoms with van der Waals surface area (Å²) in [5.74, 6) is -13.6. The summed E-state index contributed by atoms with van der Waals surface area (Å²) in [6.07, 6.45) is -0.383. The normalized spacial score (nSPS) is 14.6. The van der Waals surface area contributed by atoms with Crippen molar-refractivity contribution in [3.63, 3.8) is 0 Å². The van der Waals surface area contributed by atoms with Crippen LogP contribution in [0.25, 0.3) is 0 Å². The molecule has 0 fully saturated rings. The Morgan fingerprint density at radius 3 is 1.29 bits per heavy atom. The number of carboxylic acids is 2. The lowest BCUT2D eigenvalue weighted by Gasteiger charge is -2.29. The number of aldehydes is 1. The van der Waals surface area contributed by atoms with Crippen molar-refractivity contribution >= 4 is 83.1 Å². The van der Waals surface area contributed by atoms with E-state index in [0.29, 0.717) is 62.4 Å². The predicted molar refractivity (Wildman–Crippen MR) is 331 cm³/mol. The third-order valence-electron chi connectivity index (χ3n) is 14.6. The molecule has 2 rings (SSSR count). The Morgan fingerprint density at radius 1 is 0.462 bits per heavy atom. The Bertz CT molecular complexity index is 2750. The van der Waals surface area contributed by atoms with E-state index in [1.165, 1.54) is 24.3 Å². The van der Waals surface area contributed by atoms with Crippen LogP contribution in [0.15, 0.2) is 54.6 Å². The van der Waals surface area contributed by atoms with Crippen molar-refractivity contribution in [2.75, 3.05) is 7.05 Å². The molecule has 2 aromatic rings. The number of unbranched alkanes of at least 4 members (excludes halogenated alkanes) is 5. The number of carbonyl (C=O) groups is 14. The van der Waals surface area contributed by atoms with Crippen molar-refractivity contribution < 1.29 is 87.5 Å². The van der Waals surface area contributed by atoms with E-state index in [1.54, 1.807) is 37.4 Å². The first-order valence-corrected chi connectivity index (χ1v) is 30.7. The standard InChI is InChI=1S/C62H93N11O18/c1-7-10-14-21-41(53(63)82)65-60(89)49(35-39-23-25-40(77)26-24-39)71-56(85)44(27-29-50(78)79)67-55(84)45(28-30-51(80)81)69-62(91)52(37(5)76)73-58(87)43(22-15-11-8-2)66-61(90)48(34-38-18-16-13-17-19-38)72-59(88)47(33-36(4)75)70-57(86)46(31-32-74)68-54(83)42(64-6)20-12-9-3/h13,16-19,23-26,32,37,41-49,52,64,76-77H,7-12,14-15,20-22,27-31,33-35H2,1-6H3,(H2,63,82)(H,65,89)(H,66,90)(H,67,84)(H,68,83)(H,69,91)(H,70,86)(H,71,85)(H,72,88)(H,73,87)(H,78,79)(H,80,81). The maximum atomic E-state index is 14.5. The van der Waals surface area contributed by atoms with Crippen LogP contribution in [0.5, 0.6) is 5.75 Å². The van der Waals surface area contributed by atoms with Gasteiger partial charge in [-0.15, -0.1) is 0 Å². The summed E-state index contributed by atoms with van der Waals surface area (Å²) in [7, 11) is 1.55. The molecule has 0 spiro atoms. The van der Waals surface area contributed by atoms with Crippen molar-refractivity contribution in [1.29, 1.82) is 0 Å². The van der Waals surface area contributed by atoms with Gasteiger partial charge in [0.05, 0.1) is 12.1 Å². The third-order valence-corrected chi connectivity index (χ3v) is 14.6. The zero-order chi connectivity index (χ0) is 68.2. The number of likely N-dealkylation sites (N-methyl/N-ethyl adjacent to an activating group) is 1. The van der Waals surface area contributed by atoms with Gasteiger partial charge in [0, 0.05) is 38.5 Å². The highest BCUT2D eigenvalue weighted by Gasteiger charge is 2.37. The highest BCUT2D eigenvalue weighted by atomic mass is 16.4. The number of carbonyl (C=O) groups excluding carboxylic acids is 12. The highest BCUT2D eigenvalue weighted by molar-refractivity contribution is 6.00.